The van der Waals surface area contributed by atoms with Gasteiger partial charge in [-0.15, -0.1) is 8.67 Å². The standard InChI is InChI=1S/H2O3S2/c4-2-1-3-5/h4-5H. The van der Waals surface area contributed by atoms with Crippen LogP contribution < -0.4 is 0 Å². The molecule has 0 aliphatic heterocycles. The molecule has 0 aliphatic rings. The van der Waals surface area contributed by atoms with Crippen molar-refractivity contribution in [2.45, 2.75) is 0 Å². The van der Waals surface area contributed by atoms with Crippen LogP contribution in [-0.4, -0.2) is 0 Å². The monoisotopic (exact) mass is 114 g/mol. The maximum absolute atomic E-state index is 3.59. The summed E-state index contributed by atoms with van der Waals surface area (Å²) < 4.78 is 7.17. The maximum atomic E-state index is 3.59. The summed E-state index contributed by atoms with van der Waals surface area (Å²) in [6, 6.07) is 0. The summed E-state index contributed by atoms with van der Waals surface area (Å²) in [7, 11) is 0. The fourth-order valence-electron chi connectivity index (χ4n) is 0.0136. The average molecular weight is 114 g/mol. The van der Waals surface area contributed by atoms with Gasteiger partial charge < -0.3 is 0 Å². The summed E-state index contributed by atoms with van der Waals surface area (Å²) in [6.45, 7) is 0. The molecular formula is H2O3S2. The first-order valence-corrected chi connectivity index (χ1v) is 1.43. The Morgan fingerprint density at radius 1 is 1.00 bits per heavy atom. The summed E-state index contributed by atoms with van der Waals surface area (Å²) in [6.07, 6.45) is 0. The van der Waals surface area contributed by atoms with E-state index in [0.29, 0.717) is 0 Å². The predicted octanol–water partition coefficient (Wildman–Crippen LogP) is 0.556. The Labute approximate surface area is 40.3 Å². The largest absolute Gasteiger partial charge is 0.135 e. The molecule has 3 nitrogen and oxygen atoms in total. The van der Waals surface area contributed by atoms with E-state index in [4.69, 9.17) is 0 Å². The van der Waals surface area contributed by atoms with Gasteiger partial charge in [-0.1, -0.05) is 0 Å². The summed E-state index contributed by atoms with van der Waals surface area (Å²) in [4.78, 5) is 0. The molecule has 32 valence electrons. The third kappa shape index (κ3) is 4.58. The molecule has 0 amide bonds. The van der Waals surface area contributed by atoms with Gasteiger partial charge in [-0.25, -0.2) is 0 Å². The summed E-state index contributed by atoms with van der Waals surface area (Å²) in [5.74, 6) is 0. The van der Waals surface area contributed by atoms with Gasteiger partial charge in [0.05, 0.1) is 0 Å². The van der Waals surface area contributed by atoms with E-state index in [0.717, 1.165) is 0 Å². The van der Waals surface area contributed by atoms with Crippen LogP contribution in [0.3, 0.4) is 0 Å². The van der Waals surface area contributed by atoms with Crippen LogP contribution >= 0.6 is 25.8 Å². The van der Waals surface area contributed by atoms with Crippen molar-refractivity contribution in [1.82, 2.24) is 0 Å². The molecular weight excluding hydrogens is 112 g/mol. The Bertz CT molecular complexity index is 12.4. The highest BCUT2D eigenvalue weighted by molar-refractivity contribution is 7.75. The van der Waals surface area contributed by atoms with Crippen molar-refractivity contribution in [3.8, 4) is 0 Å². The van der Waals surface area contributed by atoms with Crippen LogP contribution in [0.4, 0.5) is 0 Å². The fraction of sp³-hybridized carbons (Fsp3) is 0. The van der Waals surface area contributed by atoms with E-state index in [1.54, 1.807) is 0 Å². The van der Waals surface area contributed by atoms with Gasteiger partial charge in [0, 0.05) is 25.8 Å². The highest BCUT2D eigenvalue weighted by atomic mass is 32.1. The van der Waals surface area contributed by atoms with Crippen molar-refractivity contribution in [2.75, 3.05) is 0 Å². The van der Waals surface area contributed by atoms with Gasteiger partial charge >= 0.3 is 0 Å². The fourth-order valence-corrected chi connectivity index (χ4v) is 0.122. The molecule has 5 heteroatoms. The molecule has 0 aromatic carbocycles. The molecule has 0 N–H and O–H groups in total. The van der Waals surface area contributed by atoms with Crippen LogP contribution in [0.15, 0.2) is 0 Å². The number of hydrogen-bond donors (Lipinski definition) is 2. The molecule has 0 radical (unpaired) electrons. The highest BCUT2D eigenvalue weighted by Crippen LogP contribution is 1.83. The van der Waals surface area contributed by atoms with Gasteiger partial charge in [0.2, 0.25) is 0 Å². The SMILES string of the molecule is SOOOS. The molecule has 0 saturated heterocycles. The maximum Gasteiger partial charge on any atom is 0.0181 e. The van der Waals surface area contributed by atoms with Gasteiger partial charge in [-0.05, 0) is 5.04 Å². The lowest BCUT2D eigenvalue weighted by molar-refractivity contribution is -0.393. The zero-order valence-corrected chi connectivity index (χ0v) is 3.91. The second kappa shape index (κ2) is 4.58. The second-order valence-corrected chi connectivity index (χ2v) is 0.515. The number of thiol groups is 2. The van der Waals surface area contributed by atoms with E-state index >= 15 is 0 Å². The van der Waals surface area contributed by atoms with Crippen LogP contribution in [0, 0.1) is 0 Å². The first-order chi connectivity index (χ1) is 2.41. The lowest BCUT2D eigenvalue weighted by Gasteiger charge is -1.81. The van der Waals surface area contributed by atoms with Gasteiger partial charge in [0.1, 0.15) is 0 Å². The Kier molecular flexibility index (Phi) is 5.11. The molecule has 0 fully saturated rings. The van der Waals surface area contributed by atoms with Gasteiger partial charge in [-0.3, -0.25) is 0 Å². The molecule has 5 heavy (non-hydrogen) atoms. The van der Waals surface area contributed by atoms with Crippen LogP contribution in [0.2, 0.25) is 0 Å². The molecule has 0 aliphatic carbocycles. The lowest BCUT2D eigenvalue weighted by Crippen LogP contribution is -1.71. The minimum Gasteiger partial charge on any atom is -0.135 e. The van der Waals surface area contributed by atoms with E-state index < -0.39 is 0 Å². The van der Waals surface area contributed by atoms with E-state index in [2.05, 4.69) is 39.5 Å². The minimum atomic E-state index is 3.10. The predicted molar refractivity (Wildman–Crippen MR) is 21.2 cm³/mol. The van der Waals surface area contributed by atoms with Crippen molar-refractivity contribution < 1.29 is 13.7 Å². The first-order valence-electron chi connectivity index (χ1n) is 0.698. The van der Waals surface area contributed by atoms with Crippen molar-refractivity contribution in [2.24, 2.45) is 0 Å². The number of rotatable bonds is 2. The highest BCUT2D eigenvalue weighted by Gasteiger charge is 1.66. The molecule has 0 bridgehead atoms. The Balaban J connectivity index is 2.19. The van der Waals surface area contributed by atoms with Crippen molar-refractivity contribution in [3.05, 3.63) is 0 Å². The molecule has 0 aromatic heterocycles. The first kappa shape index (κ1) is 5.58. The smallest absolute Gasteiger partial charge is 0.0181 e. The summed E-state index contributed by atoms with van der Waals surface area (Å²) in [5.41, 5.74) is 0. The molecule has 0 unspecified atom stereocenters. The van der Waals surface area contributed by atoms with E-state index in [1.807, 2.05) is 0 Å². The van der Waals surface area contributed by atoms with Crippen LogP contribution in [0.1, 0.15) is 0 Å². The normalized spacial score (nSPS) is 8.40. The van der Waals surface area contributed by atoms with Crippen molar-refractivity contribution in [1.29, 1.82) is 0 Å². The molecule has 0 atom stereocenters. The molecule has 0 heterocycles. The van der Waals surface area contributed by atoms with E-state index in [9.17, 15) is 0 Å². The zero-order valence-electron chi connectivity index (χ0n) is 2.12. The molecule has 0 saturated carbocycles. The molecule has 0 rings (SSSR count). The van der Waals surface area contributed by atoms with Gasteiger partial charge in [-0.2, -0.15) is 0 Å². The Morgan fingerprint density at radius 2 is 1.40 bits per heavy atom. The van der Waals surface area contributed by atoms with Crippen molar-refractivity contribution in [3.63, 3.8) is 0 Å². The van der Waals surface area contributed by atoms with Crippen LogP contribution in [0.25, 0.3) is 0 Å². The van der Waals surface area contributed by atoms with Crippen LogP contribution in [-0.2, 0) is 13.7 Å². The van der Waals surface area contributed by atoms with Crippen LogP contribution in [0.5, 0.6) is 0 Å². The minimum absolute atomic E-state index is 3.10. The van der Waals surface area contributed by atoms with E-state index in [1.165, 1.54) is 0 Å². The second-order valence-electron chi connectivity index (χ2n) is 0.217. The van der Waals surface area contributed by atoms with E-state index in [-0.39, 0.29) is 0 Å². The van der Waals surface area contributed by atoms with Gasteiger partial charge in [0.25, 0.3) is 0 Å². The summed E-state index contributed by atoms with van der Waals surface area (Å²) in [5, 5.41) is 3.56. The van der Waals surface area contributed by atoms with Crippen molar-refractivity contribution >= 4 is 25.8 Å². The lowest BCUT2D eigenvalue weighted by atomic mass is 14.6. The third-order valence-electron chi connectivity index (χ3n) is 0.0609. The molecule has 0 aromatic rings. The molecule has 0 spiro atoms. The average Bonchev–Trinajstić information content (AvgIpc) is 1.41. The Hall–Kier alpha value is 0.580. The summed E-state index contributed by atoms with van der Waals surface area (Å²) >= 11 is 6.21. The number of hydrogen-bond acceptors (Lipinski definition) is 5. The Morgan fingerprint density at radius 3 is 1.40 bits per heavy atom. The zero-order chi connectivity index (χ0) is 4.12. The third-order valence-corrected chi connectivity index (χ3v) is 0.183. The topological polar surface area (TPSA) is 27.7 Å². The quantitative estimate of drug-likeness (QED) is 0.238. The van der Waals surface area contributed by atoms with Gasteiger partial charge in [0.15, 0.2) is 0 Å².